The molecule has 0 atom stereocenters. The maximum absolute atomic E-state index is 9.30. The first kappa shape index (κ1) is 12.9. The fourth-order valence-electron chi connectivity index (χ4n) is 2.40. The van der Waals surface area contributed by atoms with Crippen molar-refractivity contribution in [2.24, 2.45) is 0 Å². The van der Waals surface area contributed by atoms with Crippen LogP contribution in [0, 0.1) is 18.3 Å². The Labute approximate surface area is 122 Å². The molecule has 6 heteroatoms. The van der Waals surface area contributed by atoms with Gasteiger partial charge >= 0.3 is 0 Å². The Morgan fingerprint density at radius 3 is 2.55 bits per heavy atom. The lowest BCUT2D eigenvalue weighted by atomic mass is 10.1. The van der Waals surface area contributed by atoms with E-state index in [2.05, 4.69) is 25.8 Å². The van der Waals surface area contributed by atoms with Gasteiger partial charge in [0.2, 0.25) is 0 Å². The van der Waals surface area contributed by atoms with E-state index in [-0.39, 0.29) is 0 Å². The van der Waals surface area contributed by atoms with Crippen LogP contribution in [0.3, 0.4) is 0 Å². The highest BCUT2D eigenvalue weighted by molar-refractivity contribution is 7.13. The highest BCUT2D eigenvalue weighted by Crippen LogP contribution is 2.24. The number of hydrogen-bond donors (Lipinski definition) is 0. The van der Waals surface area contributed by atoms with Crippen molar-refractivity contribution in [2.75, 3.05) is 36.0 Å². The zero-order chi connectivity index (χ0) is 13.9. The molecule has 0 aliphatic carbocycles. The van der Waals surface area contributed by atoms with E-state index in [0.29, 0.717) is 5.56 Å². The maximum Gasteiger partial charge on any atom is 0.185 e. The predicted molar refractivity (Wildman–Crippen MR) is 80.2 cm³/mol. The number of pyridine rings is 1. The van der Waals surface area contributed by atoms with E-state index in [1.165, 1.54) is 0 Å². The van der Waals surface area contributed by atoms with Crippen LogP contribution < -0.4 is 9.80 Å². The molecule has 2 aromatic rings. The maximum atomic E-state index is 9.30. The van der Waals surface area contributed by atoms with Gasteiger partial charge in [-0.2, -0.15) is 5.26 Å². The molecule has 0 radical (unpaired) electrons. The Bertz CT molecular complexity index is 624. The third kappa shape index (κ3) is 2.32. The molecule has 0 saturated carbocycles. The first-order valence-electron chi connectivity index (χ1n) is 6.54. The summed E-state index contributed by atoms with van der Waals surface area (Å²) in [5.41, 5.74) is 1.68. The number of anilines is 2. The van der Waals surface area contributed by atoms with Gasteiger partial charge in [0.05, 0.1) is 5.56 Å². The monoisotopic (exact) mass is 285 g/mol. The highest BCUT2D eigenvalue weighted by atomic mass is 32.1. The van der Waals surface area contributed by atoms with Crippen molar-refractivity contribution in [3.05, 3.63) is 35.0 Å². The molecule has 1 aliphatic rings. The molecule has 0 bridgehead atoms. The van der Waals surface area contributed by atoms with E-state index in [1.807, 2.05) is 24.6 Å². The van der Waals surface area contributed by atoms with Crippen LogP contribution in [-0.2, 0) is 0 Å². The number of nitriles is 1. The van der Waals surface area contributed by atoms with Gasteiger partial charge in [0, 0.05) is 44.0 Å². The SMILES string of the molecule is Cc1ccnc(N2CCN(c3nccs3)CC2)c1C#N. The lowest BCUT2D eigenvalue weighted by molar-refractivity contribution is 0.645. The van der Waals surface area contributed by atoms with Crippen LogP contribution in [0.1, 0.15) is 11.1 Å². The number of hydrogen-bond acceptors (Lipinski definition) is 6. The third-order valence-corrected chi connectivity index (χ3v) is 4.35. The van der Waals surface area contributed by atoms with E-state index in [4.69, 9.17) is 0 Å². The Hall–Kier alpha value is -2.13. The topological polar surface area (TPSA) is 56.1 Å². The van der Waals surface area contributed by atoms with Crippen molar-refractivity contribution in [1.29, 1.82) is 5.26 Å². The molecular formula is C14H15N5S. The molecule has 3 rings (SSSR count). The number of aryl methyl sites for hydroxylation is 1. The zero-order valence-corrected chi connectivity index (χ0v) is 12.1. The smallest absolute Gasteiger partial charge is 0.185 e. The zero-order valence-electron chi connectivity index (χ0n) is 11.3. The van der Waals surface area contributed by atoms with Crippen LogP contribution in [0.2, 0.25) is 0 Å². The number of aromatic nitrogens is 2. The second kappa shape index (κ2) is 5.47. The van der Waals surface area contributed by atoms with Crippen LogP contribution in [-0.4, -0.2) is 36.1 Å². The summed E-state index contributed by atoms with van der Waals surface area (Å²) in [6.45, 7) is 5.51. The fraction of sp³-hybridized carbons (Fsp3) is 0.357. The highest BCUT2D eigenvalue weighted by Gasteiger charge is 2.22. The van der Waals surface area contributed by atoms with Crippen LogP contribution in [0.5, 0.6) is 0 Å². The third-order valence-electron chi connectivity index (χ3n) is 3.52. The molecule has 0 N–H and O–H groups in total. The fourth-order valence-corrected chi connectivity index (χ4v) is 3.10. The van der Waals surface area contributed by atoms with Crippen LogP contribution in [0.4, 0.5) is 10.9 Å². The van der Waals surface area contributed by atoms with Gasteiger partial charge in [-0.3, -0.25) is 0 Å². The normalized spacial score (nSPS) is 15.2. The number of rotatable bonds is 2. The predicted octanol–water partition coefficient (Wildman–Crippen LogP) is 2.04. The molecule has 3 heterocycles. The Balaban J connectivity index is 1.76. The lowest BCUT2D eigenvalue weighted by Crippen LogP contribution is -2.47. The minimum absolute atomic E-state index is 0.690. The van der Waals surface area contributed by atoms with E-state index in [1.54, 1.807) is 17.5 Å². The van der Waals surface area contributed by atoms with Gasteiger partial charge in [0.25, 0.3) is 0 Å². The average molecular weight is 285 g/mol. The molecule has 0 spiro atoms. The van der Waals surface area contributed by atoms with Crippen LogP contribution in [0.25, 0.3) is 0 Å². The van der Waals surface area contributed by atoms with Gasteiger partial charge in [0.15, 0.2) is 5.13 Å². The van der Waals surface area contributed by atoms with Crippen LogP contribution >= 0.6 is 11.3 Å². The average Bonchev–Trinajstić information content (AvgIpc) is 3.01. The van der Waals surface area contributed by atoms with Crippen molar-refractivity contribution < 1.29 is 0 Å². The van der Waals surface area contributed by atoms with Crippen molar-refractivity contribution in [1.82, 2.24) is 9.97 Å². The molecule has 1 saturated heterocycles. The van der Waals surface area contributed by atoms with Gasteiger partial charge in [-0.25, -0.2) is 9.97 Å². The summed E-state index contributed by atoms with van der Waals surface area (Å²) in [4.78, 5) is 13.2. The number of piperazine rings is 1. The molecule has 5 nitrogen and oxygen atoms in total. The lowest BCUT2D eigenvalue weighted by Gasteiger charge is -2.35. The molecular weight excluding hydrogens is 270 g/mol. The molecule has 1 aliphatic heterocycles. The van der Waals surface area contributed by atoms with Crippen molar-refractivity contribution in [2.45, 2.75) is 6.92 Å². The van der Waals surface area contributed by atoms with E-state index < -0.39 is 0 Å². The van der Waals surface area contributed by atoms with Gasteiger partial charge in [-0.05, 0) is 18.6 Å². The van der Waals surface area contributed by atoms with E-state index >= 15 is 0 Å². The van der Waals surface area contributed by atoms with Crippen molar-refractivity contribution in [3.63, 3.8) is 0 Å². The summed E-state index contributed by atoms with van der Waals surface area (Å²) in [6.07, 6.45) is 3.61. The van der Waals surface area contributed by atoms with Gasteiger partial charge in [-0.15, -0.1) is 11.3 Å². The second-order valence-corrected chi connectivity index (χ2v) is 5.60. The van der Waals surface area contributed by atoms with Crippen molar-refractivity contribution >= 4 is 22.3 Å². The molecule has 0 amide bonds. The van der Waals surface area contributed by atoms with Gasteiger partial charge in [0.1, 0.15) is 11.9 Å². The van der Waals surface area contributed by atoms with Crippen LogP contribution in [0.15, 0.2) is 23.8 Å². The molecule has 1 fully saturated rings. The quantitative estimate of drug-likeness (QED) is 0.845. The Morgan fingerprint density at radius 2 is 1.90 bits per heavy atom. The van der Waals surface area contributed by atoms with E-state index in [0.717, 1.165) is 42.7 Å². The number of thiazole rings is 1. The Kier molecular flexibility index (Phi) is 3.52. The standard InChI is InChI=1S/C14H15N5S/c1-11-2-3-16-13(12(11)10-15)18-5-7-19(8-6-18)14-17-4-9-20-14/h2-4,9H,5-8H2,1H3. The largest absolute Gasteiger partial charge is 0.352 e. The first-order chi connectivity index (χ1) is 9.79. The first-order valence-corrected chi connectivity index (χ1v) is 7.42. The van der Waals surface area contributed by atoms with Gasteiger partial charge < -0.3 is 9.80 Å². The molecule has 2 aromatic heterocycles. The Morgan fingerprint density at radius 1 is 1.15 bits per heavy atom. The molecule has 0 aromatic carbocycles. The summed E-state index contributed by atoms with van der Waals surface area (Å²) in [5.74, 6) is 0.811. The second-order valence-electron chi connectivity index (χ2n) is 4.73. The summed E-state index contributed by atoms with van der Waals surface area (Å²) in [6, 6.07) is 4.15. The summed E-state index contributed by atoms with van der Waals surface area (Å²) in [7, 11) is 0. The number of nitrogens with zero attached hydrogens (tertiary/aromatic N) is 5. The van der Waals surface area contributed by atoms with E-state index in [9.17, 15) is 5.26 Å². The summed E-state index contributed by atoms with van der Waals surface area (Å²) < 4.78 is 0. The summed E-state index contributed by atoms with van der Waals surface area (Å²) in [5, 5.41) is 12.4. The summed E-state index contributed by atoms with van der Waals surface area (Å²) >= 11 is 1.66. The van der Waals surface area contributed by atoms with Crippen molar-refractivity contribution in [3.8, 4) is 6.07 Å². The molecule has 102 valence electrons. The minimum atomic E-state index is 0.690. The molecule has 20 heavy (non-hydrogen) atoms. The molecule has 0 unspecified atom stereocenters. The van der Waals surface area contributed by atoms with Gasteiger partial charge in [-0.1, -0.05) is 0 Å². The minimum Gasteiger partial charge on any atom is -0.352 e.